The molecule has 0 radical (unpaired) electrons. The average Bonchev–Trinajstić information content (AvgIpc) is 2.39. The lowest BCUT2D eigenvalue weighted by molar-refractivity contribution is -0.121. The number of amides is 1. The molecule has 0 saturated carbocycles. The molecule has 1 rings (SSSR count). The fraction of sp³-hybridized carbons (Fsp3) is 0.462. The van der Waals surface area contributed by atoms with Gasteiger partial charge in [0.15, 0.2) is 0 Å². The van der Waals surface area contributed by atoms with Crippen LogP contribution in [-0.4, -0.2) is 27.4 Å². The first-order chi connectivity index (χ1) is 9.72. The maximum atomic E-state index is 12.0. The van der Waals surface area contributed by atoms with Gasteiger partial charge in [-0.25, -0.2) is 13.1 Å². The summed E-state index contributed by atoms with van der Waals surface area (Å²) in [6.45, 7) is 4.60. The molecule has 0 fully saturated rings. The minimum atomic E-state index is -3.65. The van der Waals surface area contributed by atoms with Gasteiger partial charge >= 0.3 is 0 Å². The van der Waals surface area contributed by atoms with Crippen molar-refractivity contribution in [3.05, 3.63) is 27.7 Å². The fourth-order valence-electron chi connectivity index (χ4n) is 1.43. The van der Waals surface area contributed by atoms with Gasteiger partial charge in [-0.05, 0) is 40.0 Å². The van der Waals surface area contributed by atoms with Gasteiger partial charge in [-0.15, -0.1) is 0 Å². The Balaban J connectivity index is 2.53. The molecule has 2 N–H and O–H groups in total. The highest BCUT2D eigenvalue weighted by molar-refractivity contribution is 9.10. The zero-order chi connectivity index (χ0) is 16.0. The lowest BCUT2D eigenvalue weighted by atomic mass is 10.2. The van der Waals surface area contributed by atoms with E-state index in [4.69, 9.17) is 11.6 Å². The van der Waals surface area contributed by atoms with Crippen LogP contribution in [0.2, 0.25) is 5.02 Å². The van der Waals surface area contributed by atoms with Gasteiger partial charge in [-0.3, -0.25) is 4.79 Å². The molecule has 5 nitrogen and oxygen atoms in total. The smallest absolute Gasteiger partial charge is 0.240 e. The Kier molecular flexibility index (Phi) is 7.12. The second-order valence-corrected chi connectivity index (χ2v) is 7.95. The van der Waals surface area contributed by atoms with Gasteiger partial charge in [0.05, 0.1) is 9.92 Å². The van der Waals surface area contributed by atoms with Crippen LogP contribution in [-0.2, 0) is 14.8 Å². The van der Waals surface area contributed by atoms with Crippen LogP contribution in [0.4, 0.5) is 0 Å². The fourth-order valence-corrected chi connectivity index (χ4v) is 3.14. The minimum absolute atomic E-state index is 0.0481. The summed E-state index contributed by atoms with van der Waals surface area (Å²) < 4.78 is 27.0. The highest BCUT2D eigenvalue weighted by atomic mass is 79.9. The summed E-state index contributed by atoms with van der Waals surface area (Å²) >= 11 is 9.00. The van der Waals surface area contributed by atoms with E-state index in [0.717, 1.165) is 0 Å². The summed E-state index contributed by atoms with van der Waals surface area (Å²) in [5.41, 5.74) is 0. The summed E-state index contributed by atoms with van der Waals surface area (Å²) in [5.74, 6) is 0.181. The Morgan fingerprint density at radius 1 is 1.38 bits per heavy atom. The van der Waals surface area contributed by atoms with Crippen molar-refractivity contribution in [3.8, 4) is 0 Å². The van der Waals surface area contributed by atoms with Crippen LogP contribution >= 0.6 is 27.5 Å². The summed E-state index contributed by atoms with van der Waals surface area (Å²) in [5, 5.41) is 3.16. The maximum absolute atomic E-state index is 12.0. The molecule has 118 valence electrons. The third-order valence-electron chi connectivity index (χ3n) is 2.55. The summed E-state index contributed by atoms with van der Waals surface area (Å²) in [4.78, 5) is 11.6. The zero-order valence-corrected chi connectivity index (χ0v) is 15.0. The molecule has 1 aromatic carbocycles. The van der Waals surface area contributed by atoms with Crippen LogP contribution in [0.1, 0.15) is 20.3 Å². The van der Waals surface area contributed by atoms with Gasteiger partial charge < -0.3 is 5.32 Å². The van der Waals surface area contributed by atoms with Crippen molar-refractivity contribution >= 4 is 43.5 Å². The van der Waals surface area contributed by atoms with E-state index in [1.165, 1.54) is 18.2 Å². The molecule has 0 spiro atoms. The van der Waals surface area contributed by atoms with E-state index in [1.807, 2.05) is 13.8 Å². The van der Waals surface area contributed by atoms with E-state index < -0.39 is 10.0 Å². The molecule has 1 amide bonds. The van der Waals surface area contributed by atoms with Crippen LogP contribution in [0.25, 0.3) is 0 Å². The van der Waals surface area contributed by atoms with E-state index in [1.54, 1.807) is 0 Å². The van der Waals surface area contributed by atoms with Gasteiger partial charge in [-0.2, -0.15) is 0 Å². The number of benzene rings is 1. The van der Waals surface area contributed by atoms with E-state index in [-0.39, 0.29) is 23.8 Å². The lowest BCUT2D eigenvalue weighted by Gasteiger charge is -2.09. The second-order valence-electron chi connectivity index (χ2n) is 4.92. The molecular weight excluding hydrogens is 380 g/mol. The number of halogens is 2. The van der Waals surface area contributed by atoms with Gasteiger partial charge in [0, 0.05) is 24.0 Å². The van der Waals surface area contributed by atoms with Crippen molar-refractivity contribution in [2.75, 3.05) is 13.1 Å². The molecule has 0 aromatic heterocycles. The van der Waals surface area contributed by atoms with Crippen molar-refractivity contribution in [2.24, 2.45) is 5.92 Å². The summed E-state index contributed by atoms with van der Waals surface area (Å²) in [7, 11) is -3.65. The first kappa shape index (κ1) is 18.4. The number of rotatable bonds is 7. The topological polar surface area (TPSA) is 75.3 Å². The van der Waals surface area contributed by atoms with E-state index in [0.29, 0.717) is 22.0 Å². The van der Waals surface area contributed by atoms with Crippen LogP contribution in [0, 0.1) is 5.92 Å². The predicted octanol–water partition coefficient (Wildman–Crippen LogP) is 2.54. The van der Waals surface area contributed by atoms with Gasteiger partial charge in [0.25, 0.3) is 0 Å². The van der Waals surface area contributed by atoms with Crippen LogP contribution in [0.15, 0.2) is 27.6 Å². The number of nitrogens with one attached hydrogen (secondary N) is 2. The van der Waals surface area contributed by atoms with Crippen LogP contribution in [0.5, 0.6) is 0 Å². The molecule has 0 aliphatic carbocycles. The number of carbonyl (C=O) groups is 1. The van der Waals surface area contributed by atoms with Gasteiger partial charge in [-0.1, -0.05) is 25.4 Å². The van der Waals surface area contributed by atoms with Crippen molar-refractivity contribution in [1.82, 2.24) is 10.0 Å². The lowest BCUT2D eigenvalue weighted by Crippen LogP contribution is -2.32. The molecule has 0 aliphatic rings. The quantitative estimate of drug-likeness (QED) is 0.742. The monoisotopic (exact) mass is 396 g/mol. The van der Waals surface area contributed by atoms with E-state index >= 15 is 0 Å². The number of hydrogen-bond acceptors (Lipinski definition) is 3. The normalized spacial score (nSPS) is 11.7. The molecule has 0 heterocycles. The molecular formula is C13H18BrClN2O3S. The Morgan fingerprint density at radius 3 is 2.62 bits per heavy atom. The molecule has 0 saturated heterocycles. The van der Waals surface area contributed by atoms with Crippen LogP contribution < -0.4 is 10.0 Å². The zero-order valence-electron chi connectivity index (χ0n) is 11.8. The molecule has 0 unspecified atom stereocenters. The summed E-state index contributed by atoms with van der Waals surface area (Å²) in [6, 6.07) is 4.33. The molecule has 8 heteroatoms. The van der Waals surface area contributed by atoms with Crippen molar-refractivity contribution in [1.29, 1.82) is 0 Å². The van der Waals surface area contributed by atoms with Crippen LogP contribution in [0.3, 0.4) is 0 Å². The van der Waals surface area contributed by atoms with E-state index in [9.17, 15) is 13.2 Å². The van der Waals surface area contributed by atoms with Crippen molar-refractivity contribution in [2.45, 2.75) is 25.2 Å². The van der Waals surface area contributed by atoms with Gasteiger partial charge in [0.2, 0.25) is 15.9 Å². The third-order valence-corrected chi connectivity index (χ3v) is 5.23. The minimum Gasteiger partial charge on any atom is -0.356 e. The highest BCUT2D eigenvalue weighted by Gasteiger charge is 2.15. The summed E-state index contributed by atoms with van der Waals surface area (Å²) in [6.07, 6.45) is 0.0979. The first-order valence-corrected chi connectivity index (χ1v) is 9.09. The molecule has 0 aliphatic heterocycles. The standard InChI is InChI=1S/C13H18BrClN2O3S/c1-9(2)8-16-13(18)5-6-17-21(19,20)10-3-4-12(15)11(14)7-10/h3-4,7,9,17H,5-6,8H2,1-2H3,(H,16,18). The number of sulfonamides is 1. The Morgan fingerprint density at radius 2 is 2.05 bits per heavy atom. The van der Waals surface area contributed by atoms with Crippen molar-refractivity contribution in [3.63, 3.8) is 0 Å². The Labute approximate surface area is 138 Å². The Bertz CT molecular complexity index is 605. The predicted molar refractivity (Wildman–Crippen MR) is 86.8 cm³/mol. The van der Waals surface area contributed by atoms with E-state index in [2.05, 4.69) is 26.0 Å². The molecule has 0 bridgehead atoms. The highest BCUT2D eigenvalue weighted by Crippen LogP contribution is 2.25. The largest absolute Gasteiger partial charge is 0.356 e. The first-order valence-electron chi connectivity index (χ1n) is 6.44. The Hall–Kier alpha value is -0.630. The SMILES string of the molecule is CC(C)CNC(=O)CCNS(=O)(=O)c1ccc(Cl)c(Br)c1. The second kappa shape index (κ2) is 8.12. The third kappa shape index (κ3) is 6.34. The molecule has 1 aromatic rings. The number of carbonyl (C=O) groups excluding carboxylic acids is 1. The maximum Gasteiger partial charge on any atom is 0.240 e. The van der Waals surface area contributed by atoms with Crippen molar-refractivity contribution < 1.29 is 13.2 Å². The molecule has 21 heavy (non-hydrogen) atoms. The average molecular weight is 398 g/mol. The van der Waals surface area contributed by atoms with Gasteiger partial charge in [0.1, 0.15) is 0 Å². The molecule has 0 atom stereocenters. The number of hydrogen-bond donors (Lipinski definition) is 2.